The topological polar surface area (TPSA) is 8.17 Å². The van der Waals surface area contributed by atoms with Crippen molar-refractivity contribution in [2.75, 3.05) is 4.90 Å². The first-order valence-corrected chi connectivity index (χ1v) is 14.1. The van der Waals surface area contributed by atoms with Crippen molar-refractivity contribution in [3.8, 4) is 16.8 Å². The Morgan fingerprint density at radius 3 is 2.13 bits per heavy atom. The van der Waals surface area contributed by atoms with E-state index in [0.29, 0.717) is 0 Å². The van der Waals surface area contributed by atoms with E-state index in [9.17, 15) is 0 Å². The summed E-state index contributed by atoms with van der Waals surface area (Å²) in [6, 6.07) is 48.6. The predicted octanol–water partition coefficient (Wildman–Crippen LogP) is 10.6. The van der Waals surface area contributed by atoms with Gasteiger partial charge in [-0.3, -0.25) is 0 Å². The summed E-state index contributed by atoms with van der Waals surface area (Å²) in [7, 11) is 0. The summed E-state index contributed by atoms with van der Waals surface area (Å²) < 4.78 is 5.15. The molecule has 39 heavy (non-hydrogen) atoms. The molecule has 0 amide bonds. The normalized spacial score (nSPS) is 12.6. The van der Waals surface area contributed by atoms with Crippen LogP contribution in [0.25, 0.3) is 58.8 Å². The van der Waals surface area contributed by atoms with Crippen molar-refractivity contribution in [3.05, 3.63) is 133 Å². The summed E-state index contributed by atoms with van der Waals surface area (Å²) in [6.45, 7) is 0. The molecule has 1 aliphatic heterocycles. The maximum atomic E-state index is 2.46. The lowest BCUT2D eigenvalue weighted by molar-refractivity contribution is 1.11. The second-order valence-electron chi connectivity index (χ2n) is 10.2. The first-order chi connectivity index (χ1) is 19.4. The summed E-state index contributed by atoms with van der Waals surface area (Å²) in [5.74, 6) is 0. The highest BCUT2D eigenvalue weighted by Gasteiger charge is 2.28. The van der Waals surface area contributed by atoms with Gasteiger partial charge in [-0.1, -0.05) is 84.9 Å². The average molecular weight is 515 g/mol. The molecule has 0 N–H and O–H groups in total. The minimum Gasteiger partial charge on any atom is -0.306 e. The van der Waals surface area contributed by atoms with Gasteiger partial charge in [-0.05, 0) is 59.7 Å². The molecule has 2 aromatic heterocycles. The van der Waals surface area contributed by atoms with Gasteiger partial charge in [0.25, 0.3) is 0 Å². The monoisotopic (exact) mass is 514 g/mol. The molecule has 6 aromatic carbocycles. The van der Waals surface area contributed by atoms with E-state index in [1.54, 1.807) is 0 Å². The number of benzene rings is 6. The number of hydrogen-bond donors (Lipinski definition) is 0. The number of rotatable bonds is 2. The molecule has 3 heteroatoms. The second-order valence-corrected chi connectivity index (χ2v) is 11.2. The molecule has 0 atom stereocenters. The van der Waals surface area contributed by atoms with Crippen LogP contribution in [-0.4, -0.2) is 4.57 Å². The van der Waals surface area contributed by atoms with Crippen molar-refractivity contribution >= 4 is 70.4 Å². The Kier molecular flexibility index (Phi) is 4.24. The molecular formula is C36H22N2S. The molecule has 0 aliphatic carbocycles. The Labute approximate surface area is 229 Å². The van der Waals surface area contributed by atoms with Crippen LogP contribution in [0.1, 0.15) is 0 Å². The molecule has 9 rings (SSSR count). The highest BCUT2D eigenvalue weighted by molar-refractivity contribution is 7.26. The highest BCUT2D eigenvalue weighted by atomic mass is 32.1. The van der Waals surface area contributed by atoms with E-state index in [2.05, 4.69) is 143 Å². The molecule has 1 aliphatic rings. The lowest BCUT2D eigenvalue weighted by Gasteiger charge is -2.33. The molecule has 0 fully saturated rings. The first kappa shape index (κ1) is 21.1. The zero-order valence-electron chi connectivity index (χ0n) is 21.0. The van der Waals surface area contributed by atoms with Gasteiger partial charge in [0, 0.05) is 36.6 Å². The van der Waals surface area contributed by atoms with Crippen molar-refractivity contribution in [2.45, 2.75) is 0 Å². The van der Waals surface area contributed by atoms with Crippen LogP contribution in [-0.2, 0) is 0 Å². The molecular weight excluding hydrogens is 492 g/mol. The Morgan fingerprint density at radius 2 is 1.21 bits per heavy atom. The van der Waals surface area contributed by atoms with Gasteiger partial charge in [-0.25, -0.2) is 0 Å². The van der Waals surface area contributed by atoms with Gasteiger partial charge < -0.3 is 9.47 Å². The van der Waals surface area contributed by atoms with Gasteiger partial charge in [0.05, 0.1) is 28.1 Å². The zero-order valence-corrected chi connectivity index (χ0v) is 21.8. The largest absolute Gasteiger partial charge is 0.306 e. The molecule has 0 unspecified atom stereocenters. The first-order valence-electron chi connectivity index (χ1n) is 13.3. The zero-order chi connectivity index (χ0) is 25.5. The molecule has 182 valence electrons. The number of fused-ring (bicyclic) bond motifs is 8. The summed E-state index contributed by atoms with van der Waals surface area (Å²) in [5.41, 5.74) is 9.84. The van der Waals surface area contributed by atoms with E-state index < -0.39 is 0 Å². The Balaban J connectivity index is 1.35. The van der Waals surface area contributed by atoms with Crippen LogP contribution in [0, 0.1) is 0 Å². The van der Waals surface area contributed by atoms with Crippen LogP contribution >= 0.6 is 11.3 Å². The van der Waals surface area contributed by atoms with Gasteiger partial charge in [-0.2, -0.15) is 0 Å². The maximum Gasteiger partial charge on any atom is 0.0783 e. The van der Waals surface area contributed by atoms with E-state index in [-0.39, 0.29) is 0 Å². The highest BCUT2D eigenvalue weighted by Crippen LogP contribution is 2.50. The van der Waals surface area contributed by atoms with Gasteiger partial charge in [0.15, 0.2) is 0 Å². The van der Waals surface area contributed by atoms with Crippen LogP contribution in [0.2, 0.25) is 0 Å². The fourth-order valence-electron chi connectivity index (χ4n) is 6.45. The molecule has 3 heterocycles. The average Bonchev–Trinajstić information content (AvgIpc) is 3.55. The Bertz CT molecular complexity index is 2240. The van der Waals surface area contributed by atoms with Crippen molar-refractivity contribution in [1.29, 1.82) is 0 Å². The minimum absolute atomic E-state index is 1.17. The predicted molar refractivity (Wildman–Crippen MR) is 167 cm³/mol. The number of hydrogen-bond acceptors (Lipinski definition) is 2. The lowest BCUT2D eigenvalue weighted by atomic mass is 10.0. The molecule has 0 spiro atoms. The van der Waals surface area contributed by atoms with E-state index >= 15 is 0 Å². The summed E-state index contributed by atoms with van der Waals surface area (Å²) in [6.07, 6.45) is 0. The summed E-state index contributed by atoms with van der Waals surface area (Å²) in [4.78, 5) is 2.40. The van der Waals surface area contributed by atoms with Gasteiger partial charge >= 0.3 is 0 Å². The third kappa shape index (κ3) is 2.85. The van der Waals surface area contributed by atoms with Gasteiger partial charge in [-0.15, -0.1) is 11.3 Å². The maximum absolute atomic E-state index is 2.46. The molecule has 0 bridgehead atoms. The van der Waals surface area contributed by atoms with Crippen LogP contribution in [0.3, 0.4) is 0 Å². The van der Waals surface area contributed by atoms with Crippen molar-refractivity contribution in [1.82, 2.24) is 4.57 Å². The number of anilines is 3. The number of para-hydroxylation sites is 4. The Morgan fingerprint density at radius 1 is 0.487 bits per heavy atom. The SMILES string of the molecule is c1ccc(N2c3ccccc3-n3c4ccc(-c5cccc6c5sc5ccccc56)cc4c4cccc2c43)cc1. The molecule has 2 nitrogen and oxygen atoms in total. The number of thiophene rings is 1. The van der Waals surface area contributed by atoms with Crippen LogP contribution in [0.5, 0.6) is 0 Å². The number of nitrogens with zero attached hydrogens (tertiary/aromatic N) is 2. The minimum atomic E-state index is 1.17. The van der Waals surface area contributed by atoms with Crippen molar-refractivity contribution < 1.29 is 0 Å². The third-order valence-electron chi connectivity index (χ3n) is 8.10. The van der Waals surface area contributed by atoms with Crippen LogP contribution in [0.4, 0.5) is 17.1 Å². The third-order valence-corrected chi connectivity index (χ3v) is 9.32. The van der Waals surface area contributed by atoms with E-state index in [1.165, 1.54) is 75.9 Å². The van der Waals surface area contributed by atoms with E-state index in [4.69, 9.17) is 0 Å². The summed E-state index contributed by atoms with van der Waals surface area (Å²) >= 11 is 1.89. The summed E-state index contributed by atoms with van der Waals surface area (Å²) in [5, 5.41) is 5.24. The fraction of sp³-hybridized carbons (Fsp3) is 0. The molecule has 0 saturated carbocycles. The smallest absolute Gasteiger partial charge is 0.0783 e. The van der Waals surface area contributed by atoms with Crippen molar-refractivity contribution in [2.24, 2.45) is 0 Å². The lowest BCUT2D eigenvalue weighted by Crippen LogP contribution is -2.17. The van der Waals surface area contributed by atoms with Crippen LogP contribution in [0.15, 0.2) is 133 Å². The van der Waals surface area contributed by atoms with Gasteiger partial charge in [0.1, 0.15) is 0 Å². The quantitative estimate of drug-likeness (QED) is 0.223. The molecule has 0 radical (unpaired) electrons. The molecule has 8 aromatic rings. The molecule has 0 saturated heterocycles. The van der Waals surface area contributed by atoms with Crippen LogP contribution < -0.4 is 4.90 Å². The van der Waals surface area contributed by atoms with E-state index in [0.717, 1.165) is 0 Å². The van der Waals surface area contributed by atoms with Gasteiger partial charge in [0.2, 0.25) is 0 Å². The Hall–Kier alpha value is -4.86. The number of aromatic nitrogens is 1. The second kappa shape index (κ2) is 7.83. The fourth-order valence-corrected chi connectivity index (χ4v) is 7.69. The standard InChI is InChI=1S/C36H22N2S/c1-2-10-24(11-3-1)37-31-16-5-6-17-32(31)38-30-21-20-23(22-29(30)27-14-9-18-33(37)35(27)38)25-13-8-15-28-26-12-4-7-19-34(26)39-36(25)28/h1-22H. The van der Waals surface area contributed by atoms with E-state index in [1.807, 2.05) is 11.3 Å². The van der Waals surface area contributed by atoms with Crippen molar-refractivity contribution in [3.63, 3.8) is 0 Å².